The summed E-state index contributed by atoms with van der Waals surface area (Å²) in [6, 6.07) is 6.49. The van der Waals surface area contributed by atoms with Gasteiger partial charge < -0.3 is 5.73 Å². The molecule has 3 nitrogen and oxygen atoms in total. The molecule has 0 amide bonds. The van der Waals surface area contributed by atoms with E-state index in [9.17, 15) is 4.39 Å². The largest absolute Gasteiger partial charge is 0.326 e. The Morgan fingerprint density at radius 2 is 2.00 bits per heavy atom. The molecule has 2 aromatic rings. The number of aryl methyl sites for hydroxylation is 1. The molecule has 20 heavy (non-hydrogen) atoms. The van der Waals surface area contributed by atoms with E-state index in [1.54, 1.807) is 18.5 Å². The first-order valence-electron chi connectivity index (χ1n) is 6.56. The van der Waals surface area contributed by atoms with Crippen molar-refractivity contribution in [3.8, 4) is 0 Å². The number of nitrogens with zero attached hydrogens (tertiary/aromatic N) is 2. The number of thioether (sulfide) groups is 1. The second-order valence-electron chi connectivity index (χ2n) is 4.71. The summed E-state index contributed by atoms with van der Waals surface area (Å²) in [5.74, 6) is -0.249. The second kappa shape index (κ2) is 6.81. The van der Waals surface area contributed by atoms with Gasteiger partial charge in [0, 0.05) is 18.4 Å². The van der Waals surface area contributed by atoms with Gasteiger partial charge in [-0.2, -0.15) is 0 Å². The van der Waals surface area contributed by atoms with Crippen LogP contribution >= 0.6 is 11.8 Å². The molecular weight excluding hydrogens is 273 g/mol. The molecule has 2 atom stereocenters. The van der Waals surface area contributed by atoms with E-state index in [2.05, 4.69) is 9.97 Å². The maximum atomic E-state index is 13.4. The Morgan fingerprint density at radius 1 is 1.30 bits per heavy atom. The first kappa shape index (κ1) is 14.9. The number of rotatable bonds is 5. The number of hydrogen-bond acceptors (Lipinski definition) is 4. The number of benzene rings is 1. The van der Waals surface area contributed by atoms with E-state index in [1.165, 1.54) is 23.9 Å². The van der Waals surface area contributed by atoms with Crippen molar-refractivity contribution in [1.29, 1.82) is 0 Å². The predicted molar refractivity (Wildman–Crippen MR) is 80.0 cm³/mol. The topological polar surface area (TPSA) is 51.8 Å². The summed E-state index contributed by atoms with van der Waals surface area (Å²) in [7, 11) is 0. The van der Waals surface area contributed by atoms with Crippen LogP contribution < -0.4 is 5.73 Å². The van der Waals surface area contributed by atoms with Crippen LogP contribution in [0.5, 0.6) is 0 Å². The van der Waals surface area contributed by atoms with E-state index in [4.69, 9.17) is 5.73 Å². The lowest BCUT2D eigenvalue weighted by atomic mass is 10.0. The zero-order chi connectivity index (χ0) is 14.5. The van der Waals surface area contributed by atoms with Gasteiger partial charge >= 0.3 is 0 Å². The molecule has 106 valence electrons. The fourth-order valence-corrected chi connectivity index (χ4v) is 2.96. The van der Waals surface area contributed by atoms with Crippen LogP contribution in [0.1, 0.15) is 29.7 Å². The number of aromatic nitrogens is 2. The molecule has 0 bridgehead atoms. The zero-order valence-corrected chi connectivity index (χ0v) is 12.4. The van der Waals surface area contributed by atoms with Crippen molar-refractivity contribution in [2.45, 2.75) is 36.7 Å². The fourth-order valence-electron chi connectivity index (χ4n) is 1.86. The van der Waals surface area contributed by atoms with Gasteiger partial charge in [-0.25, -0.2) is 14.4 Å². The van der Waals surface area contributed by atoms with Crippen LogP contribution in [0.15, 0.2) is 41.8 Å². The minimum absolute atomic E-state index is 0.0570. The third kappa shape index (κ3) is 3.77. The smallest absolute Gasteiger partial charge is 0.188 e. The number of nitrogens with two attached hydrogens (primary N) is 1. The molecule has 5 heteroatoms. The van der Waals surface area contributed by atoms with Gasteiger partial charge in [-0.3, -0.25) is 0 Å². The van der Waals surface area contributed by atoms with Gasteiger partial charge in [-0.05, 0) is 36.6 Å². The van der Waals surface area contributed by atoms with Crippen LogP contribution in [0.4, 0.5) is 4.39 Å². The van der Waals surface area contributed by atoms with Crippen molar-refractivity contribution >= 4 is 11.8 Å². The van der Waals surface area contributed by atoms with Crippen LogP contribution in [-0.4, -0.2) is 16.0 Å². The summed E-state index contributed by atoms with van der Waals surface area (Å²) in [6.07, 6.45) is 4.35. The van der Waals surface area contributed by atoms with E-state index in [1.807, 2.05) is 19.9 Å². The Hall–Kier alpha value is -1.46. The minimum atomic E-state index is -0.249. The SMILES string of the molecule is CCC(N)C(Sc1ncc(C)cn1)c1cccc(F)c1. The van der Waals surface area contributed by atoms with Gasteiger partial charge in [0.2, 0.25) is 0 Å². The summed E-state index contributed by atoms with van der Waals surface area (Å²) in [5, 5.41) is 0.604. The maximum Gasteiger partial charge on any atom is 0.188 e. The van der Waals surface area contributed by atoms with Crippen molar-refractivity contribution in [2.24, 2.45) is 5.73 Å². The molecule has 2 rings (SSSR count). The Morgan fingerprint density at radius 3 is 2.60 bits per heavy atom. The Labute approximate surface area is 122 Å². The summed E-state index contributed by atoms with van der Waals surface area (Å²) < 4.78 is 13.4. The van der Waals surface area contributed by atoms with Crippen LogP contribution in [-0.2, 0) is 0 Å². The molecule has 0 aliphatic carbocycles. The molecule has 0 aliphatic heterocycles. The average Bonchev–Trinajstić information content (AvgIpc) is 2.46. The van der Waals surface area contributed by atoms with E-state index in [0.29, 0.717) is 5.16 Å². The highest BCUT2D eigenvalue weighted by atomic mass is 32.2. The zero-order valence-electron chi connectivity index (χ0n) is 11.6. The van der Waals surface area contributed by atoms with Gasteiger partial charge in [-0.15, -0.1) is 0 Å². The highest BCUT2D eigenvalue weighted by Crippen LogP contribution is 2.36. The lowest BCUT2D eigenvalue weighted by Crippen LogP contribution is -2.25. The van der Waals surface area contributed by atoms with Crippen molar-refractivity contribution < 1.29 is 4.39 Å². The predicted octanol–water partition coefficient (Wildman–Crippen LogP) is 3.49. The third-order valence-corrected chi connectivity index (χ3v) is 4.32. The van der Waals surface area contributed by atoms with E-state index in [0.717, 1.165) is 17.5 Å². The van der Waals surface area contributed by atoms with Crippen molar-refractivity contribution in [2.75, 3.05) is 0 Å². The van der Waals surface area contributed by atoms with Crippen LogP contribution in [0, 0.1) is 12.7 Å². The lowest BCUT2D eigenvalue weighted by Gasteiger charge is -2.22. The molecule has 0 fully saturated rings. The number of halogens is 1. The standard InChI is InChI=1S/C15H18FN3S/c1-3-13(17)14(11-5-4-6-12(16)7-11)20-15-18-8-10(2)9-19-15/h4-9,13-14H,3,17H2,1-2H3. The molecule has 2 N–H and O–H groups in total. The lowest BCUT2D eigenvalue weighted by molar-refractivity contribution is 0.609. The number of hydrogen-bond donors (Lipinski definition) is 1. The summed E-state index contributed by atoms with van der Waals surface area (Å²) >= 11 is 1.48. The van der Waals surface area contributed by atoms with E-state index < -0.39 is 0 Å². The molecule has 0 saturated heterocycles. The quantitative estimate of drug-likeness (QED) is 0.676. The van der Waals surface area contributed by atoms with Crippen LogP contribution in [0.25, 0.3) is 0 Å². The van der Waals surface area contributed by atoms with Crippen LogP contribution in [0.3, 0.4) is 0 Å². The molecule has 1 aromatic heterocycles. The third-order valence-electron chi connectivity index (χ3n) is 3.03. The van der Waals surface area contributed by atoms with E-state index in [-0.39, 0.29) is 17.1 Å². The molecule has 2 unspecified atom stereocenters. The molecule has 0 aliphatic rings. The monoisotopic (exact) mass is 291 g/mol. The summed E-state index contributed by atoms with van der Waals surface area (Å²) in [6.45, 7) is 3.96. The summed E-state index contributed by atoms with van der Waals surface area (Å²) in [5.41, 5.74) is 8.06. The highest BCUT2D eigenvalue weighted by Gasteiger charge is 2.21. The van der Waals surface area contributed by atoms with Crippen LogP contribution in [0.2, 0.25) is 0 Å². The second-order valence-corrected chi connectivity index (χ2v) is 5.82. The first-order valence-corrected chi connectivity index (χ1v) is 7.44. The maximum absolute atomic E-state index is 13.4. The molecule has 0 radical (unpaired) electrons. The van der Waals surface area contributed by atoms with Crippen molar-refractivity contribution in [3.05, 3.63) is 53.6 Å². The molecule has 0 saturated carbocycles. The first-order chi connectivity index (χ1) is 9.60. The summed E-state index contributed by atoms with van der Waals surface area (Å²) in [4.78, 5) is 8.57. The van der Waals surface area contributed by atoms with E-state index >= 15 is 0 Å². The van der Waals surface area contributed by atoms with Gasteiger partial charge in [0.25, 0.3) is 0 Å². The fraction of sp³-hybridized carbons (Fsp3) is 0.333. The van der Waals surface area contributed by atoms with Gasteiger partial charge in [-0.1, -0.05) is 30.8 Å². The Kier molecular flexibility index (Phi) is 5.09. The molecular formula is C15H18FN3S. The minimum Gasteiger partial charge on any atom is -0.326 e. The van der Waals surface area contributed by atoms with Gasteiger partial charge in [0.05, 0.1) is 5.25 Å². The Bertz CT molecular complexity index is 559. The average molecular weight is 291 g/mol. The van der Waals surface area contributed by atoms with Crippen molar-refractivity contribution in [1.82, 2.24) is 9.97 Å². The Balaban J connectivity index is 2.26. The molecule has 1 aromatic carbocycles. The van der Waals surface area contributed by atoms with Gasteiger partial charge in [0.15, 0.2) is 5.16 Å². The van der Waals surface area contributed by atoms with Crippen molar-refractivity contribution in [3.63, 3.8) is 0 Å². The molecule has 0 spiro atoms. The molecule has 1 heterocycles. The normalized spacial score (nSPS) is 14.0. The van der Waals surface area contributed by atoms with Gasteiger partial charge in [0.1, 0.15) is 5.82 Å². The highest BCUT2D eigenvalue weighted by molar-refractivity contribution is 7.99.